The maximum Gasteiger partial charge on any atom is 0.246 e. The summed E-state index contributed by atoms with van der Waals surface area (Å²) in [4.78, 5) is 29.6. The third-order valence-corrected chi connectivity index (χ3v) is 7.19. The molecule has 2 fully saturated rings. The molecular formula is C30H34N4O3. The second-order valence-electron chi connectivity index (χ2n) is 9.85. The van der Waals surface area contributed by atoms with E-state index in [2.05, 4.69) is 43.3 Å². The van der Waals surface area contributed by atoms with Crippen molar-refractivity contribution in [2.24, 2.45) is 5.92 Å². The lowest BCUT2D eigenvalue weighted by Gasteiger charge is -2.35. The van der Waals surface area contributed by atoms with E-state index in [0.717, 1.165) is 16.8 Å². The van der Waals surface area contributed by atoms with Crippen LogP contribution in [0, 0.1) is 12.8 Å². The van der Waals surface area contributed by atoms with E-state index in [0.29, 0.717) is 58.8 Å². The second kappa shape index (κ2) is 11.6. The molecule has 2 saturated heterocycles. The van der Waals surface area contributed by atoms with Crippen LogP contribution in [-0.4, -0.2) is 70.8 Å². The number of nitrogens with zero attached hydrogens (tertiary/aromatic N) is 4. The molecule has 7 nitrogen and oxygen atoms in total. The van der Waals surface area contributed by atoms with Crippen LogP contribution in [0.15, 0.2) is 66.9 Å². The van der Waals surface area contributed by atoms with Gasteiger partial charge in [0.2, 0.25) is 11.8 Å². The van der Waals surface area contributed by atoms with Crippen molar-refractivity contribution in [3.63, 3.8) is 0 Å². The molecule has 0 bridgehead atoms. The van der Waals surface area contributed by atoms with Crippen LogP contribution < -0.4 is 0 Å². The highest BCUT2D eigenvalue weighted by Gasteiger charge is 2.30. The number of ether oxygens (including phenoxy) is 1. The minimum atomic E-state index is -0.0251. The van der Waals surface area contributed by atoms with Gasteiger partial charge in [0.15, 0.2) is 0 Å². The average molecular weight is 499 g/mol. The molecule has 0 radical (unpaired) electrons. The third-order valence-electron chi connectivity index (χ3n) is 7.19. The van der Waals surface area contributed by atoms with Gasteiger partial charge in [-0.3, -0.25) is 14.3 Å². The zero-order valence-electron chi connectivity index (χ0n) is 21.4. The summed E-state index contributed by atoms with van der Waals surface area (Å²) in [5.41, 5.74) is 5.14. The molecule has 2 amide bonds. The number of piperidine rings is 1. The van der Waals surface area contributed by atoms with Crippen molar-refractivity contribution in [1.29, 1.82) is 0 Å². The first-order valence-electron chi connectivity index (χ1n) is 13.1. The van der Waals surface area contributed by atoms with Crippen LogP contribution in [-0.2, 0) is 20.9 Å². The molecule has 0 aliphatic carbocycles. The predicted octanol–water partition coefficient (Wildman–Crippen LogP) is 4.02. The highest BCUT2D eigenvalue weighted by atomic mass is 16.5. The number of likely N-dealkylation sites (tertiary alicyclic amines) is 1. The minimum absolute atomic E-state index is 0.00418. The molecule has 0 N–H and O–H groups in total. The number of carbonyl (C=O) groups excluding carboxylic acids is 2. The number of amides is 2. The number of carbonyl (C=O) groups is 2. The maximum absolute atomic E-state index is 13.0. The minimum Gasteiger partial charge on any atom is -0.378 e. The summed E-state index contributed by atoms with van der Waals surface area (Å²) in [7, 11) is 0. The van der Waals surface area contributed by atoms with E-state index in [-0.39, 0.29) is 17.7 Å². The molecule has 3 heterocycles. The molecule has 0 atom stereocenters. The highest BCUT2D eigenvalue weighted by molar-refractivity contribution is 5.93. The summed E-state index contributed by atoms with van der Waals surface area (Å²) in [6.07, 6.45) is 6.93. The zero-order valence-corrected chi connectivity index (χ0v) is 21.4. The summed E-state index contributed by atoms with van der Waals surface area (Å²) >= 11 is 0. The van der Waals surface area contributed by atoms with Gasteiger partial charge in [-0.05, 0) is 31.4 Å². The Morgan fingerprint density at radius 2 is 1.65 bits per heavy atom. The number of benzene rings is 2. The molecule has 5 rings (SSSR count). The molecule has 37 heavy (non-hydrogen) atoms. The van der Waals surface area contributed by atoms with E-state index in [1.807, 2.05) is 45.0 Å². The largest absolute Gasteiger partial charge is 0.378 e. The van der Waals surface area contributed by atoms with Crippen molar-refractivity contribution < 1.29 is 14.3 Å². The van der Waals surface area contributed by atoms with Crippen molar-refractivity contribution in [1.82, 2.24) is 19.6 Å². The van der Waals surface area contributed by atoms with Gasteiger partial charge in [0.05, 0.1) is 25.5 Å². The normalized spacial score (nSPS) is 16.9. The van der Waals surface area contributed by atoms with Gasteiger partial charge in [-0.2, -0.15) is 5.10 Å². The summed E-state index contributed by atoms with van der Waals surface area (Å²) in [5.74, 6) is 0.179. The van der Waals surface area contributed by atoms with Crippen LogP contribution in [0.5, 0.6) is 0 Å². The van der Waals surface area contributed by atoms with Gasteiger partial charge in [-0.1, -0.05) is 60.2 Å². The Kier molecular flexibility index (Phi) is 7.80. The SMILES string of the molecule is Cc1ccc(-c2nn(Cc3ccccc3)cc2/C=C/C(=O)N2CCC(C(=O)N3CCOCC3)CC2)cc1. The van der Waals surface area contributed by atoms with Crippen molar-refractivity contribution in [2.75, 3.05) is 39.4 Å². The van der Waals surface area contributed by atoms with Crippen LogP contribution in [0.25, 0.3) is 17.3 Å². The Morgan fingerprint density at radius 1 is 0.946 bits per heavy atom. The lowest BCUT2D eigenvalue weighted by molar-refractivity contribution is -0.142. The average Bonchev–Trinajstić information content (AvgIpc) is 3.35. The Morgan fingerprint density at radius 3 is 2.35 bits per heavy atom. The number of aromatic nitrogens is 2. The van der Waals surface area contributed by atoms with E-state index in [4.69, 9.17) is 9.84 Å². The fourth-order valence-electron chi connectivity index (χ4n) is 5.00. The van der Waals surface area contributed by atoms with Crippen molar-refractivity contribution in [3.05, 3.63) is 83.6 Å². The molecular weight excluding hydrogens is 464 g/mol. The molecule has 2 aromatic carbocycles. The molecule has 0 saturated carbocycles. The number of morpholine rings is 1. The fourth-order valence-corrected chi connectivity index (χ4v) is 5.00. The van der Waals surface area contributed by atoms with Crippen LogP contribution in [0.3, 0.4) is 0 Å². The van der Waals surface area contributed by atoms with Gasteiger partial charge in [0, 0.05) is 55.5 Å². The van der Waals surface area contributed by atoms with E-state index < -0.39 is 0 Å². The van der Waals surface area contributed by atoms with Crippen LogP contribution >= 0.6 is 0 Å². The van der Waals surface area contributed by atoms with Crippen molar-refractivity contribution in [3.8, 4) is 11.3 Å². The van der Waals surface area contributed by atoms with Crippen LogP contribution in [0.1, 0.15) is 29.5 Å². The highest BCUT2D eigenvalue weighted by Crippen LogP contribution is 2.25. The number of rotatable bonds is 6. The third kappa shape index (κ3) is 6.17. The molecule has 192 valence electrons. The first-order chi connectivity index (χ1) is 18.1. The van der Waals surface area contributed by atoms with E-state index >= 15 is 0 Å². The van der Waals surface area contributed by atoms with Gasteiger partial charge < -0.3 is 14.5 Å². The van der Waals surface area contributed by atoms with Crippen molar-refractivity contribution in [2.45, 2.75) is 26.3 Å². The summed E-state index contributed by atoms with van der Waals surface area (Å²) in [5, 5.41) is 4.86. The first-order valence-corrected chi connectivity index (χ1v) is 13.1. The molecule has 2 aliphatic heterocycles. The topological polar surface area (TPSA) is 67.7 Å². The van der Waals surface area contributed by atoms with Crippen molar-refractivity contribution >= 4 is 17.9 Å². The van der Waals surface area contributed by atoms with E-state index in [9.17, 15) is 9.59 Å². The van der Waals surface area contributed by atoms with Gasteiger partial charge >= 0.3 is 0 Å². The zero-order chi connectivity index (χ0) is 25.6. The number of hydrogen-bond donors (Lipinski definition) is 0. The molecule has 0 spiro atoms. The molecule has 1 aromatic heterocycles. The molecule has 3 aromatic rings. The van der Waals surface area contributed by atoms with Gasteiger partial charge in [-0.25, -0.2) is 0 Å². The molecule has 7 heteroatoms. The number of aryl methyl sites for hydroxylation is 1. The Balaban J connectivity index is 1.27. The Hall–Kier alpha value is -3.71. The maximum atomic E-state index is 13.0. The Labute approximate surface area is 218 Å². The predicted molar refractivity (Wildman–Crippen MR) is 144 cm³/mol. The summed E-state index contributed by atoms with van der Waals surface area (Å²) < 4.78 is 7.29. The van der Waals surface area contributed by atoms with Gasteiger partial charge in [-0.15, -0.1) is 0 Å². The monoisotopic (exact) mass is 498 g/mol. The second-order valence-corrected chi connectivity index (χ2v) is 9.85. The smallest absolute Gasteiger partial charge is 0.246 e. The first kappa shape index (κ1) is 25.0. The van der Waals surface area contributed by atoms with Gasteiger partial charge in [0.1, 0.15) is 0 Å². The fraction of sp³-hybridized carbons (Fsp3) is 0.367. The number of hydrogen-bond acceptors (Lipinski definition) is 4. The van der Waals surface area contributed by atoms with Crippen LogP contribution in [0.4, 0.5) is 0 Å². The molecule has 0 unspecified atom stereocenters. The molecule has 2 aliphatic rings. The van der Waals surface area contributed by atoms with Crippen LogP contribution in [0.2, 0.25) is 0 Å². The standard InChI is InChI=1S/C30H34N4O3/c1-23-7-9-25(10-8-23)29-27(22-34(31-29)21-24-5-3-2-4-6-24)11-12-28(35)32-15-13-26(14-16-32)30(36)33-17-19-37-20-18-33/h2-12,22,26H,13-21H2,1H3/b12-11+. The van der Waals surface area contributed by atoms with Gasteiger partial charge in [0.25, 0.3) is 0 Å². The summed E-state index contributed by atoms with van der Waals surface area (Å²) in [6.45, 7) is 6.48. The quantitative estimate of drug-likeness (QED) is 0.482. The van der Waals surface area contributed by atoms with E-state index in [1.54, 1.807) is 6.08 Å². The van der Waals surface area contributed by atoms with E-state index in [1.165, 1.54) is 11.1 Å². The lowest BCUT2D eigenvalue weighted by Crippen LogP contribution is -2.47. The Bertz CT molecular complexity index is 1240. The summed E-state index contributed by atoms with van der Waals surface area (Å²) in [6, 6.07) is 18.5. The lowest BCUT2D eigenvalue weighted by atomic mass is 9.95.